The lowest BCUT2D eigenvalue weighted by Crippen LogP contribution is -2.15. The van der Waals surface area contributed by atoms with Crippen LogP contribution in [-0.2, 0) is 4.79 Å². The molecule has 0 aromatic heterocycles. The number of ether oxygens (including phenoxy) is 2. The van der Waals surface area contributed by atoms with Gasteiger partial charge in [0.2, 0.25) is 0 Å². The van der Waals surface area contributed by atoms with E-state index in [1.165, 1.54) is 31.0 Å². The number of halogens is 2. The van der Waals surface area contributed by atoms with Crippen LogP contribution in [-0.4, -0.2) is 18.5 Å². The van der Waals surface area contributed by atoms with Gasteiger partial charge in [0, 0.05) is 0 Å². The molecule has 1 aliphatic rings. The maximum atomic E-state index is 14.9. The summed E-state index contributed by atoms with van der Waals surface area (Å²) in [5, 5.41) is 2.51. The van der Waals surface area contributed by atoms with E-state index in [1.807, 2.05) is 24.3 Å². The fourth-order valence-corrected chi connectivity index (χ4v) is 4.05. The minimum absolute atomic E-state index is 0.0456. The molecule has 0 unspecified atom stereocenters. The van der Waals surface area contributed by atoms with Gasteiger partial charge >= 0.3 is 0 Å². The summed E-state index contributed by atoms with van der Waals surface area (Å²) in [6, 6.07) is 16.5. The van der Waals surface area contributed by atoms with Gasteiger partial charge in [0.15, 0.2) is 0 Å². The van der Waals surface area contributed by atoms with Gasteiger partial charge in [-0.15, -0.1) is 0 Å². The maximum absolute atomic E-state index is 14.9. The molecule has 0 heterocycles. The van der Waals surface area contributed by atoms with Crippen LogP contribution in [0.2, 0.25) is 5.02 Å². The number of rotatable bonds is 7. The second-order valence-electron chi connectivity index (χ2n) is 7.53. The van der Waals surface area contributed by atoms with Gasteiger partial charge in [0.1, 0.15) is 17.3 Å². The summed E-state index contributed by atoms with van der Waals surface area (Å²) in [4.78, 5) is 23.3. The van der Waals surface area contributed by atoms with Crippen molar-refractivity contribution in [2.45, 2.75) is 31.8 Å². The first kappa shape index (κ1) is 21.8. The monoisotopic (exact) mass is 453 g/mol. The Kier molecular flexibility index (Phi) is 6.71. The zero-order chi connectivity index (χ0) is 22.5. The van der Waals surface area contributed by atoms with Crippen molar-refractivity contribution in [3.63, 3.8) is 0 Å². The molecule has 1 saturated carbocycles. The highest BCUT2D eigenvalue weighted by Gasteiger charge is 2.19. The molecule has 1 aliphatic carbocycles. The molecule has 0 saturated heterocycles. The Morgan fingerprint density at radius 3 is 2.56 bits per heavy atom. The van der Waals surface area contributed by atoms with Gasteiger partial charge in [-0.05, 0) is 73.2 Å². The van der Waals surface area contributed by atoms with Gasteiger partial charge < -0.3 is 14.8 Å². The fraction of sp³-hybridized carbons (Fsp3) is 0.200. The molecule has 0 spiro atoms. The number of benzene rings is 3. The zero-order valence-electron chi connectivity index (χ0n) is 17.1. The van der Waals surface area contributed by atoms with E-state index in [0.29, 0.717) is 5.56 Å². The van der Waals surface area contributed by atoms with Gasteiger partial charge in [-0.3, -0.25) is 9.59 Å². The summed E-state index contributed by atoms with van der Waals surface area (Å²) in [5.74, 6) is -0.540. The average Bonchev–Trinajstić information content (AvgIpc) is 3.30. The molecule has 0 aliphatic heterocycles. The second kappa shape index (κ2) is 9.83. The lowest BCUT2D eigenvalue weighted by Gasteiger charge is -2.15. The van der Waals surface area contributed by atoms with E-state index in [-0.39, 0.29) is 34.6 Å². The smallest absolute Gasteiger partial charge is 0.298 e. The van der Waals surface area contributed by atoms with E-state index >= 15 is 0 Å². The van der Waals surface area contributed by atoms with Crippen molar-refractivity contribution in [3.8, 4) is 22.6 Å². The van der Waals surface area contributed by atoms with Crippen molar-refractivity contribution in [1.29, 1.82) is 0 Å². The third-order valence-electron chi connectivity index (χ3n) is 5.36. The normalized spacial score (nSPS) is 13.6. The topological polar surface area (TPSA) is 64.6 Å². The lowest BCUT2D eigenvalue weighted by molar-refractivity contribution is -0.120. The Bertz CT molecular complexity index is 1120. The van der Waals surface area contributed by atoms with Crippen LogP contribution >= 0.6 is 11.6 Å². The summed E-state index contributed by atoms with van der Waals surface area (Å²) in [5.41, 5.74) is 1.24. The first-order valence-electron chi connectivity index (χ1n) is 10.3. The van der Waals surface area contributed by atoms with Crippen molar-refractivity contribution in [1.82, 2.24) is 0 Å². The highest BCUT2D eigenvalue weighted by Crippen LogP contribution is 2.34. The summed E-state index contributed by atoms with van der Waals surface area (Å²) >= 11 is 6.32. The largest absolute Gasteiger partial charge is 0.490 e. The molecule has 1 fully saturated rings. The van der Waals surface area contributed by atoms with E-state index in [2.05, 4.69) is 5.32 Å². The van der Waals surface area contributed by atoms with Gasteiger partial charge in [0.25, 0.3) is 12.4 Å². The molecule has 4 rings (SSSR count). The molecule has 5 nitrogen and oxygen atoms in total. The summed E-state index contributed by atoms with van der Waals surface area (Å²) in [6.45, 7) is 0.221. The number of amides is 1. The van der Waals surface area contributed by atoms with Gasteiger partial charge in [-0.1, -0.05) is 35.9 Å². The van der Waals surface area contributed by atoms with E-state index in [1.54, 1.807) is 18.2 Å². The van der Waals surface area contributed by atoms with Gasteiger partial charge in [-0.2, -0.15) is 0 Å². The SMILES string of the molecule is O=COc1ccccc1C(=O)Nc1c(F)cc(-c2cccc(OC3CCCC3)c2)cc1Cl. The maximum Gasteiger partial charge on any atom is 0.298 e. The van der Waals surface area contributed by atoms with Gasteiger partial charge in [0.05, 0.1) is 22.4 Å². The zero-order valence-corrected chi connectivity index (χ0v) is 17.9. The number of anilines is 1. The molecule has 1 amide bonds. The van der Waals surface area contributed by atoms with Crippen molar-refractivity contribution in [3.05, 3.63) is 77.1 Å². The van der Waals surface area contributed by atoms with Crippen LogP contribution in [0.4, 0.5) is 10.1 Å². The highest BCUT2D eigenvalue weighted by molar-refractivity contribution is 6.34. The fourth-order valence-electron chi connectivity index (χ4n) is 3.80. The molecule has 32 heavy (non-hydrogen) atoms. The molecule has 7 heteroatoms. The second-order valence-corrected chi connectivity index (χ2v) is 7.94. The molecular formula is C25H21ClFNO4. The van der Waals surface area contributed by atoms with E-state index in [9.17, 15) is 14.0 Å². The number of hydrogen-bond acceptors (Lipinski definition) is 4. The Morgan fingerprint density at radius 2 is 1.81 bits per heavy atom. The van der Waals surface area contributed by atoms with E-state index in [0.717, 1.165) is 24.2 Å². The average molecular weight is 454 g/mol. The number of carbonyl (C=O) groups excluding carboxylic acids is 2. The third kappa shape index (κ3) is 4.92. The minimum atomic E-state index is -0.684. The molecule has 0 bridgehead atoms. The van der Waals surface area contributed by atoms with Crippen LogP contribution in [0, 0.1) is 5.82 Å². The van der Waals surface area contributed by atoms with Crippen LogP contribution in [0.25, 0.3) is 11.1 Å². The molecule has 0 atom stereocenters. The highest BCUT2D eigenvalue weighted by atomic mass is 35.5. The van der Waals surface area contributed by atoms with Crippen molar-refractivity contribution < 1.29 is 23.5 Å². The molecule has 1 N–H and O–H groups in total. The summed E-state index contributed by atoms with van der Waals surface area (Å²) in [7, 11) is 0. The van der Waals surface area contributed by atoms with Crippen LogP contribution in [0.1, 0.15) is 36.0 Å². The van der Waals surface area contributed by atoms with Crippen LogP contribution < -0.4 is 14.8 Å². The van der Waals surface area contributed by atoms with Crippen molar-refractivity contribution >= 4 is 29.7 Å². The van der Waals surface area contributed by atoms with Crippen LogP contribution in [0.15, 0.2) is 60.7 Å². The quantitative estimate of drug-likeness (QED) is 0.429. The number of nitrogens with one attached hydrogen (secondary N) is 1. The van der Waals surface area contributed by atoms with E-state index in [4.69, 9.17) is 21.1 Å². The minimum Gasteiger partial charge on any atom is -0.490 e. The number of hydrogen-bond donors (Lipinski definition) is 1. The molecule has 164 valence electrons. The summed E-state index contributed by atoms with van der Waals surface area (Å²) < 4.78 is 25.8. The predicted octanol–water partition coefficient (Wildman–Crippen LogP) is 6.26. The Labute approximate surface area is 190 Å². The van der Waals surface area contributed by atoms with Crippen molar-refractivity contribution in [2.75, 3.05) is 5.32 Å². The predicted molar refractivity (Wildman–Crippen MR) is 121 cm³/mol. The van der Waals surface area contributed by atoms with Crippen LogP contribution in [0.5, 0.6) is 11.5 Å². The molecule has 3 aromatic carbocycles. The lowest BCUT2D eigenvalue weighted by atomic mass is 10.0. The molecular weight excluding hydrogens is 433 g/mol. The Morgan fingerprint density at radius 1 is 1.03 bits per heavy atom. The van der Waals surface area contributed by atoms with Crippen molar-refractivity contribution in [2.24, 2.45) is 0 Å². The first-order chi connectivity index (χ1) is 15.5. The Balaban J connectivity index is 1.56. The standard InChI is InChI=1S/C25H21ClFNO4/c26-21-13-17(16-6-5-9-19(12-16)32-18-7-1-2-8-18)14-22(27)24(21)28-25(30)20-10-3-4-11-23(20)31-15-29/h3-6,9-15,18H,1-2,7-8H2,(H,28,30). The van der Waals surface area contributed by atoms with Crippen LogP contribution in [0.3, 0.4) is 0 Å². The number of carbonyl (C=O) groups is 2. The van der Waals surface area contributed by atoms with E-state index < -0.39 is 11.7 Å². The molecule has 3 aromatic rings. The first-order valence-corrected chi connectivity index (χ1v) is 10.7. The number of para-hydroxylation sites is 1. The third-order valence-corrected chi connectivity index (χ3v) is 5.66. The van der Waals surface area contributed by atoms with Gasteiger partial charge in [-0.25, -0.2) is 4.39 Å². The summed E-state index contributed by atoms with van der Waals surface area (Å²) in [6.07, 6.45) is 4.64. The Hall–Kier alpha value is -3.38. The molecule has 0 radical (unpaired) electrons.